The first-order chi connectivity index (χ1) is 9.08. The van der Waals surface area contributed by atoms with Gasteiger partial charge in [-0.05, 0) is 25.0 Å². The topological polar surface area (TPSA) is 97.4 Å². The lowest BCUT2D eigenvalue weighted by molar-refractivity contribution is -0.122. The van der Waals surface area contributed by atoms with E-state index in [0.717, 1.165) is 25.7 Å². The van der Waals surface area contributed by atoms with Crippen LogP contribution in [0.3, 0.4) is 0 Å². The van der Waals surface area contributed by atoms with Crippen LogP contribution in [-0.4, -0.2) is 33.6 Å². The molecular formula is C13H19N3O3. The van der Waals surface area contributed by atoms with Gasteiger partial charge >= 0.3 is 5.97 Å². The van der Waals surface area contributed by atoms with Crippen molar-refractivity contribution in [2.75, 3.05) is 0 Å². The normalized spacial score (nSPS) is 23.0. The number of hydrogen-bond acceptors (Lipinski definition) is 3. The van der Waals surface area contributed by atoms with Crippen molar-refractivity contribution < 1.29 is 14.7 Å². The fraction of sp³-hybridized carbons (Fsp3) is 0.538. The van der Waals surface area contributed by atoms with E-state index >= 15 is 0 Å². The third kappa shape index (κ3) is 3.35. The van der Waals surface area contributed by atoms with Crippen LogP contribution in [0.25, 0.3) is 0 Å². The first-order valence-electron chi connectivity index (χ1n) is 6.51. The van der Waals surface area contributed by atoms with Gasteiger partial charge in [0.2, 0.25) is 5.91 Å². The Morgan fingerprint density at radius 3 is 2.84 bits per heavy atom. The minimum Gasteiger partial charge on any atom is -0.477 e. The number of hydrogen-bond donors (Lipinski definition) is 3. The number of carboxylic acids is 1. The van der Waals surface area contributed by atoms with Crippen molar-refractivity contribution in [1.82, 2.24) is 9.88 Å². The van der Waals surface area contributed by atoms with Gasteiger partial charge in [0.05, 0.1) is 0 Å². The van der Waals surface area contributed by atoms with Crippen LogP contribution in [0.4, 0.5) is 0 Å². The maximum Gasteiger partial charge on any atom is 0.352 e. The number of carbonyl (C=O) groups is 2. The van der Waals surface area contributed by atoms with Crippen LogP contribution in [0.2, 0.25) is 0 Å². The molecule has 1 saturated carbocycles. The van der Waals surface area contributed by atoms with Gasteiger partial charge in [0.15, 0.2) is 0 Å². The van der Waals surface area contributed by atoms with Gasteiger partial charge in [0.25, 0.3) is 0 Å². The minimum atomic E-state index is -1.04. The summed E-state index contributed by atoms with van der Waals surface area (Å²) in [5.74, 6) is -1.23. The summed E-state index contributed by atoms with van der Waals surface area (Å²) in [5.41, 5.74) is 6.08. The number of rotatable bonds is 4. The van der Waals surface area contributed by atoms with Crippen molar-refractivity contribution in [2.45, 2.75) is 44.3 Å². The highest BCUT2D eigenvalue weighted by Crippen LogP contribution is 2.16. The van der Waals surface area contributed by atoms with E-state index in [4.69, 9.17) is 10.8 Å². The maximum atomic E-state index is 11.9. The molecule has 1 amide bonds. The van der Waals surface area contributed by atoms with Crippen LogP contribution in [0.1, 0.15) is 36.2 Å². The van der Waals surface area contributed by atoms with Crippen LogP contribution < -0.4 is 11.1 Å². The Morgan fingerprint density at radius 2 is 2.16 bits per heavy atom. The van der Waals surface area contributed by atoms with E-state index in [2.05, 4.69) is 5.32 Å². The molecule has 1 aromatic rings. The van der Waals surface area contributed by atoms with Gasteiger partial charge in [0, 0.05) is 18.3 Å². The van der Waals surface area contributed by atoms with Crippen molar-refractivity contribution in [3.8, 4) is 0 Å². The molecule has 1 aromatic heterocycles. The quantitative estimate of drug-likeness (QED) is 0.741. The molecule has 2 rings (SSSR count). The van der Waals surface area contributed by atoms with Crippen LogP contribution in [-0.2, 0) is 11.3 Å². The van der Waals surface area contributed by atoms with E-state index in [1.807, 2.05) is 0 Å². The van der Waals surface area contributed by atoms with E-state index in [1.165, 1.54) is 10.6 Å². The van der Waals surface area contributed by atoms with E-state index in [-0.39, 0.29) is 30.2 Å². The Kier molecular flexibility index (Phi) is 4.21. The van der Waals surface area contributed by atoms with Crippen molar-refractivity contribution >= 4 is 11.9 Å². The Hall–Kier alpha value is -1.82. The molecule has 1 aliphatic carbocycles. The Balaban J connectivity index is 1.93. The van der Waals surface area contributed by atoms with Crippen molar-refractivity contribution in [3.63, 3.8) is 0 Å². The summed E-state index contributed by atoms with van der Waals surface area (Å²) in [6, 6.07) is 3.09. The summed E-state index contributed by atoms with van der Waals surface area (Å²) >= 11 is 0. The molecule has 1 fully saturated rings. The average Bonchev–Trinajstić information content (AvgIpc) is 2.80. The molecule has 6 heteroatoms. The van der Waals surface area contributed by atoms with Gasteiger partial charge in [-0.3, -0.25) is 4.79 Å². The lowest BCUT2D eigenvalue weighted by atomic mass is 9.91. The van der Waals surface area contributed by atoms with Gasteiger partial charge in [-0.1, -0.05) is 12.8 Å². The van der Waals surface area contributed by atoms with Gasteiger partial charge < -0.3 is 20.7 Å². The second-order valence-electron chi connectivity index (χ2n) is 4.95. The Labute approximate surface area is 111 Å². The van der Waals surface area contributed by atoms with Gasteiger partial charge in [-0.2, -0.15) is 0 Å². The second-order valence-corrected chi connectivity index (χ2v) is 4.95. The first-order valence-corrected chi connectivity index (χ1v) is 6.51. The molecule has 19 heavy (non-hydrogen) atoms. The SMILES string of the molecule is NC1CCCCC1NC(=O)Cn1cccc1C(=O)O. The molecule has 2 unspecified atom stereocenters. The molecule has 2 atom stereocenters. The number of aromatic nitrogens is 1. The summed E-state index contributed by atoms with van der Waals surface area (Å²) in [5, 5.41) is 11.9. The van der Waals surface area contributed by atoms with Crippen LogP contribution in [0, 0.1) is 0 Å². The molecule has 1 heterocycles. The van der Waals surface area contributed by atoms with Crippen molar-refractivity contribution in [1.29, 1.82) is 0 Å². The second kappa shape index (κ2) is 5.88. The number of amides is 1. The molecule has 0 radical (unpaired) electrons. The Morgan fingerprint density at radius 1 is 1.42 bits per heavy atom. The predicted molar refractivity (Wildman–Crippen MR) is 69.8 cm³/mol. The molecule has 0 aliphatic heterocycles. The van der Waals surface area contributed by atoms with Crippen molar-refractivity contribution in [2.24, 2.45) is 5.73 Å². The fourth-order valence-corrected chi connectivity index (χ4v) is 2.49. The molecule has 0 saturated heterocycles. The molecule has 0 spiro atoms. The third-order valence-corrected chi connectivity index (χ3v) is 3.53. The van der Waals surface area contributed by atoms with Gasteiger partial charge in [-0.25, -0.2) is 4.79 Å². The standard InChI is InChI=1S/C13H19N3O3/c14-9-4-1-2-5-10(9)15-12(17)8-16-7-3-6-11(16)13(18)19/h3,6-7,9-10H,1-2,4-5,8,14H2,(H,15,17)(H,18,19). The monoisotopic (exact) mass is 265 g/mol. The van der Waals surface area contributed by atoms with Crippen LogP contribution >= 0.6 is 0 Å². The maximum absolute atomic E-state index is 11.9. The average molecular weight is 265 g/mol. The molecule has 0 bridgehead atoms. The number of nitrogens with two attached hydrogens (primary N) is 1. The van der Waals surface area contributed by atoms with E-state index < -0.39 is 5.97 Å². The molecule has 0 aromatic carbocycles. The first kappa shape index (κ1) is 13.6. The smallest absolute Gasteiger partial charge is 0.352 e. The number of carbonyl (C=O) groups excluding carboxylic acids is 1. The minimum absolute atomic E-state index is 0.00121. The zero-order valence-corrected chi connectivity index (χ0v) is 10.7. The number of carboxylic acid groups (broad SMARTS) is 1. The lowest BCUT2D eigenvalue weighted by Crippen LogP contribution is -2.50. The lowest BCUT2D eigenvalue weighted by Gasteiger charge is -2.29. The molecular weight excluding hydrogens is 246 g/mol. The summed E-state index contributed by atoms with van der Waals surface area (Å²) < 4.78 is 1.42. The number of nitrogens with zero attached hydrogens (tertiary/aromatic N) is 1. The third-order valence-electron chi connectivity index (χ3n) is 3.53. The number of aromatic carboxylic acids is 1. The number of nitrogens with one attached hydrogen (secondary N) is 1. The zero-order chi connectivity index (χ0) is 13.8. The van der Waals surface area contributed by atoms with E-state index in [1.54, 1.807) is 12.3 Å². The Bertz CT molecular complexity index is 469. The highest BCUT2D eigenvalue weighted by Gasteiger charge is 2.23. The highest BCUT2D eigenvalue weighted by atomic mass is 16.4. The van der Waals surface area contributed by atoms with Gasteiger partial charge in [0.1, 0.15) is 12.2 Å². The van der Waals surface area contributed by atoms with Gasteiger partial charge in [-0.15, -0.1) is 0 Å². The predicted octanol–water partition coefficient (Wildman–Crippen LogP) is 0.572. The fourth-order valence-electron chi connectivity index (χ4n) is 2.49. The summed E-state index contributed by atoms with van der Waals surface area (Å²) in [4.78, 5) is 22.9. The van der Waals surface area contributed by atoms with Crippen molar-refractivity contribution in [3.05, 3.63) is 24.0 Å². The largest absolute Gasteiger partial charge is 0.477 e. The van der Waals surface area contributed by atoms with E-state index in [0.29, 0.717) is 0 Å². The zero-order valence-electron chi connectivity index (χ0n) is 10.7. The van der Waals surface area contributed by atoms with E-state index in [9.17, 15) is 9.59 Å². The summed E-state index contributed by atoms with van der Waals surface area (Å²) in [6.07, 6.45) is 5.58. The molecule has 1 aliphatic rings. The molecule has 104 valence electrons. The highest BCUT2D eigenvalue weighted by molar-refractivity contribution is 5.86. The van der Waals surface area contributed by atoms with Crippen LogP contribution in [0.15, 0.2) is 18.3 Å². The van der Waals surface area contributed by atoms with Crippen LogP contribution in [0.5, 0.6) is 0 Å². The molecule has 6 nitrogen and oxygen atoms in total. The summed E-state index contributed by atoms with van der Waals surface area (Å²) in [6.45, 7) is 0.0118. The molecule has 4 N–H and O–H groups in total. The summed E-state index contributed by atoms with van der Waals surface area (Å²) in [7, 11) is 0.